The van der Waals surface area contributed by atoms with E-state index in [1.54, 1.807) is 16.9 Å². The minimum absolute atomic E-state index is 0.186. The van der Waals surface area contributed by atoms with Gasteiger partial charge >= 0.3 is 0 Å². The second-order valence-electron chi connectivity index (χ2n) is 9.97. The summed E-state index contributed by atoms with van der Waals surface area (Å²) in [5, 5.41) is 11.7. The lowest BCUT2D eigenvalue weighted by Crippen LogP contribution is -2.51. The van der Waals surface area contributed by atoms with Crippen LogP contribution in [0.1, 0.15) is 25.3 Å². The minimum atomic E-state index is -3.30. The molecule has 0 radical (unpaired) electrons. The smallest absolute Gasteiger partial charge is 0.181 e. The van der Waals surface area contributed by atoms with Gasteiger partial charge in [-0.1, -0.05) is 31.2 Å². The minimum Gasteiger partial charge on any atom is -0.409 e. The topological polar surface area (TPSA) is 93.9 Å². The van der Waals surface area contributed by atoms with Crippen molar-refractivity contribution in [2.75, 3.05) is 26.3 Å². The van der Waals surface area contributed by atoms with Crippen LogP contribution in [-0.4, -0.2) is 72.0 Å². The van der Waals surface area contributed by atoms with Crippen molar-refractivity contribution in [3.8, 4) is 11.1 Å². The normalized spacial score (nSPS) is 21.1. The molecule has 1 saturated heterocycles. The van der Waals surface area contributed by atoms with E-state index in [1.165, 1.54) is 0 Å². The highest BCUT2D eigenvalue weighted by atomic mass is 32.2. The van der Waals surface area contributed by atoms with E-state index in [0.29, 0.717) is 23.7 Å². The Balaban J connectivity index is 1.42. The molecule has 3 heterocycles. The predicted octanol–water partition coefficient (Wildman–Crippen LogP) is 3.57. The number of rotatable bonds is 7. The molecular weight excluding hydrogens is 490 g/mol. The van der Waals surface area contributed by atoms with Crippen molar-refractivity contribution in [1.29, 1.82) is 0 Å². The van der Waals surface area contributed by atoms with Crippen molar-refractivity contribution in [2.24, 2.45) is 0 Å². The Bertz CT molecular complexity index is 1580. The van der Waals surface area contributed by atoms with Crippen molar-refractivity contribution < 1.29 is 23.1 Å². The average molecular weight is 522 g/mol. The number of aliphatic hydroxyl groups is 1. The third kappa shape index (κ3) is 4.40. The van der Waals surface area contributed by atoms with E-state index in [0.717, 1.165) is 52.4 Å². The number of hydrogen-bond acceptors (Lipinski definition) is 7. The first-order chi connectivity index (χ1) is 17.9. The summed E-state index contributed by atoms with van der Waals surface area (Å²) >= 11 is 0. The monoisotopic (exact) mass is 521 g/mol. The summed E-state index contributed by atoms with van der Waals surface area (Å²) in [6, 6.07) is 15.3. The summed E-state index contributed by atoms with van der Waals surface area (Å²) in [5.74, 6) is 0. The molecule has 1 aliphatic carbocycles. The molecule has 2 aromatic carbocycles. The third-order valence-electron chi connectivity index (χ3n) is 7.30. The largest absolute Gasteiger partial charge is 0.409 e. The molecule has 2 atom stereocenters. The highest BCUT2D eigenvalue weighted by Gasteiger charge is 2.37. The Morgan fingerprint density at radius 3 is 2.76 bits per heavy atom. The van der Waals surface area contributed by atoms with Gasteiger partial charge in [-0.05, 0) is 67.3 Å². The van der Waals surface area contributed by atoms with Gasteiger partial charge in [-0.2, -0.15) is 4.73 Å². The maximum Gasteiger partial charge on any atom is 0.181 e. The first-order valence-corrected chi connectivity index (χ1v) is 14.3. The fourth-order valence-corrected chi connectivity index (χ4v) is 6.86. The zero-order valence-corrected chi connectivity index (χ0v) is 21.8. The number of ether oxygens (including phenoxy) is 1. The summed E-state index contributed by atoms with van der Waals surface area (Å²) in [4.78, 5) is 13.3. The number of nitrogens with zero attached hydrogens (tertiary/aromatic N) is 3. The fourth-order valence-electron chi connectivity index (χ4n) is 5.16. The molecule has 9 heteroatoms. The summed E-state index contributed by atoms with van der Waals surface area (Å²) < 4.78 is 33.4. The summed E-state index contributed by atoms with van der Waals surface area (Å²) in [7, 11) is -3.30. The highest BCUT2D eigenvalue weighted by Crippen LogP contribution is 2.38. The number of fused-ring (bicyclic) bond motifs is 3. The highest BCUT2D eigenvalue weighted by molar-refractivity contribution is 7.92. The number of aliphatic hydroxyl groups excluding tert-OH is 1. The van der Waals surface area contributed by atoms with Gasteiger partial charge in [0.1, 0.15) is 18.9 Å². The molecule has 1 N–H and O–H groups in total. The van der Waals surface area contributed by atoms with Gasteiger partial charge in [0.05, 0.1) is 22.3 Å². The Hall–Kier alpha value is -2.98. The molecule has 4 aromatic rings. The van der Waals surface area contributed by atoms with E-state index in [9.17, 15) is 13.5 Å². The molecule has 194 valence electrons. The number of aromatic nitrogens is 2. The van der Waals surface area contributed by atoms with Gasteiger partial charge in [0.25, 0.3) is 0 Å². The summed E-state index contributed by atoms with van der Waals surface area (Å²) in [6.45, 7) is 5.87. The van der Waals surface area contributed by atoms with Crippen LogP contribution in [-0.2, 0) is 14.6 Å². The van der Waals surface area contributed by atoms with Gasteiger partial charge in [0.15, 0.2) is 15.5 Å². The molecule has 1 aliphatic heterocycles. The summed E-state index contributed by atoms with van der Waals surface area (Å²) in [5.41, 5.74) is 4.34. The number of hydrogen-bond donors (Lipinski definition) is 1. The quantitative estimate of drug-likeness (QED) is 0.397. The molecule has 1 saturated carbocycles. The van der Waals surface area contributed by atoms with Crippen LogP contribution in [0.3, 0.4) is 0 Å². The molecule has 1 unspecified atom stereocenters. The van der Waals surface area contributed by atoms with Gasteiger partial charge in [0, 0.05) is 23.5 Å². The van der Waals surface area contributed by atoms with Gasteiger partial charge < -0.3 is 14.7 Å². The van der Waals surface area contributed by atoms with E-state index in [2.05, 4.69) is 6.07 Å². The molecule has 0 bridgehead atoms. The second-order valence-corrected chi connectivity index (χ2v) is 12.2. The van der Waals surface area contributed by atoms with E-state index < -0.39 is 16.1 Å². The van der Waals surface area contributed by atoms with Gasteiger partial charge in [-0.3, -0.25) is 4.90 Å². The molecule has 6 rings (SSSR count). The lowest BCUT2D eigenvalue weighted by molar-refractivity contribution is -0.152. The number of morpholine rings is 1. The first kappa shape index (κ1) is 24.4. The van der Waals surface area contributed by atoms with Crippen LogP contribution < -0.4 is 4.84 Å². The van der Waals surface area contributed by atoms with Crippen molar-refractivity contribution in [1.82, 2.24) is 14.6 Å². The van der Waals surface area contributed by atoms with Crippen LogP contribution in [0.15, 0.2) is 59.6 Å². The van der Waals surface area contributed by atoms with E-state index in [1.807, 2.05) is 55.3 Å². The molecule has 37 heavy (non-hydrogen) atoms. The number of pyridine rings is 1. The number of aryl methyl sites for hydroxylation is 1. The lowest BCUT2D eigenvalue weighted by atomic mass is 10.00. The maximum atomic E-state index is 12.9. The number of sulfone groups is 1. The van der Waals surface area contributed by atoms with Gasteiger partial charge in [-0.25, -0.2) is 13.4 Å². The van der Waals surface area contributed by atoms with E-state index >= 15 is 0 Å². The first-order valence-electron chi connectivity index (χ1n) is 12.8. The second kappa shape index (κ2) is 9.40. The standard InChI is InChI=1S/C28H31N3O5S/c1-3-30-15-20(35-17-26(30)32)16-36-31-25-9-5-8-23(27(25)24-12-18(2)14-29-28(24)31)19-6-4-7-22(13-19)37(33,34)21-10-11-21/h4-9,12-14,20-21,26,32H,3,10-11,15-17H2,1-2H3/t20?,26-/m1/s1. The Kier molecular flexibility index (Phi) is 6.19. The van der Waals surface area contributed by atoms with Crippen LogP contribution >= 0.6 is 0 Å². The zero-order valence-electron chi connectivity index (χ0n) is 21.0. The zero-order chi connectivity index (χ0) is 25.7. The van der Waals surface area contributed by atoms with E-state index in [-0.39, 0.29) is 18.0 Å². The number of benzene rings is 2. The molecule has 0 spiro atoms. The maximum absolute atomic E-state index is 12.9. The fraction of sp³-hybridized carbons (Fsp3) is 0.393. The van der Waals surface area contributed by atoms with Crippen molar-refractivity contribution in [3.63, 3.8) is 0 Å². The number of likely N-dealkylation sites (N-methyl/N-ethyl adjacent to an activating group) is 1. The molecule has 2 aromatic heterocycles. The molecule has 2 aliphatic rings. The van der Waals surface area contributed by atoms with Crippen molar-refractivity contribution in [2.45, 2.75) is 49.2 Å². The average Bonchev–Trinajstić information content (AvgIpc) is 3.72. The molecular formula is C28H31N3O5S. The Labute approximate surface area is 216 Å². The van der Waals surface area contributed by atoms with E-state index in [4.69, 9.17) is 14.6 Å². The van der Waals surface area contributed by atoms with Crippen LogP contribution in [0.5, 0.6) is 0 Å². The Morgan fingerprint density at radius 2 is 1.97 bits per heavy atom. The SMILES string of the molecule is CCN1CC(COn2c3cccc(-c4cccc(S(=O)(=O)C5CC5)c4)c3c3cc(C)cnc32)OC[C@H]1O. The predicted molar refractivity (Wildman–Crippen MR) is 142 cm³/mol. The van der Waals surface area contributed by atoms with Crippen molar-refractivity contribution >= 4 is 31.8 Å². The molecule has 2 fully saturated rings. The van der Waals surface area contributed by atoms with Crippen LogP contribution in [0.25, 0.3) is 33.1 Å². The van der Waals surface area contributed by atoms with Gasteiger partial charge in [0.2, 0.25) is 0 Å². The molecule has 8 nitrogen and oxygen atoms in total. The summed E-state index contributed by atoms with van der Waals surface area (Å²) in [6.07, 6.45) is 2.50. The van der Waals surface area contributed by atoms with Crippen molar-refractivity contribution in [3.05, 3.63) is 60.3 Å². The van der Waals surface area contributed by atoms with Crippen LogP contribution in [0.4, 0.5) is 0 Å². The lowest BCUT2D eigenvalue weighted by Gasteiger charge is -2.35. The van der Waals surface area contributed by atoms with Crippen LogP contribution in [0, 0.1) is 6.92 Å². The Morgan fingerprint density at radius 1 is 1.16 bits per heavy atom. The molecule has 0 amide bonds. The van der Waals surface area contributed by atoms with Gasteiger partial charge in [-0.15, -0.1) is 0 Å². The van der Waals surface area contributed by atoms with Crippen LogP contribution in [0.2, 0.25) is 0 Å². The third-order valence-corrected chi connectivity index (χ3v) is 9.56.